The zero-order valence-corrected chi connectivity index (χ0v) is 6.75. The van der Waals surface area contributed by atoms with Crippen molar-refractivity contribution in [2.45, 2.75) is 25.7 Å². The Morgan fingerprint density at radius 1 is 1.27 bits per heavy atom. The van der Waals surface area contributed by atoms with Crippen LogP contribution < -0.4 is 0 Å². The Balaban J connectivity index is 2.02. The van der Waals surface area contributed by atoms with Crippen molar-refractivity contribution in [3.8, 4) is 0 Å². The highest BCUT2D eigenvalue weighted by molar-refractivity contribution is 5.14. The number of allylic oxidation sites excluding steroid dienone is 3. The predicted octanol–water partition coefficient (Wildman–Crippen LogP) is 2.65. The van der Waals surface area contributed by atoms with E-state index < -0.39 is 0 Å². The lowest BCUT2D eigenvalue weighted by Crippen LogP contribution is -2.05. The molecule has 0 saturated heterocycles. The molecule has 0 unspecified atom stereocenters. The Labute approximate surface area is 67.7 Å². The molecule has 0 aromatic heterocycles. The van der Waals surface area contributed by atoms with E-state index in [1.165, 1.54) is 31.4 Å². The largest absolute Gasteiger partial charge is 0.494 e. The zero-order valence-electron chi connectivity index (χ0n) is 6.75. The van der Waals surface area contributed by atoms with Crippen molar-refractivity contribution in [3.05, 3.63) is 24.0 Å². The minimum atomic E-state index is 0.736. The molecule has 0 aromatic carbocycles. The van der Waals surface area contributed by atoms with Crippen LogP contribution in [-0.4, -0.2) is 6.61 Å². The van der Waals surface area contributed by atoms with Crippen LogP contribution in [0.4, 0.5) is 0 Å². The number of rotatable bonds is 1. The van der Waals surface area contributed by atoms with Crippen LogP contribution in [0.3, 0.4) is 0 Å². The molecule has 1 fully saturated rings. The molecular weight excluding hydrogens is 136 g/mol. The van der Waals surface area contributed by atoms with Crippen LogP contribution in [0.2, 0.25) is 0 Å². The molecule has 1 aliphatic carbocycles. The van der Waals surface area contributed by atoms with Gasteiger partial charge in [0.05, 0.1) is 5.76 Å². The highest BCUT2D eigenvalue weighted by atomic mass is 16.5. The van der Waals surface area contributed by atoms with Gasteiger partial charge < -0.3 is 4.74 Å². The first-order chi connectivity index (χ1) is 5.47. The van der Waals surface area contributed by atoms with Gasteiger partial charge in [-0.05, 0) is 25.0 Å². The molecule has 1 aliphatic heterocycles. The van der Waals surface area contributed by atoms with Gasteiger partial charge in [-0.1, -0.05) is 18.9 Å². The van der Waals surface area contributed by atoms with Gasteiger partial charge in [-0.2, -0.15) is 0 Å². The summed E-state index contributed by atoms with van der Waals surface area (Å²) < 4.78 is 5.54. The summed E-state index contributed by atoms with van der Waals surface area (Å²) in [6, 6.07) is 0. The first-order valence-corrected chi connectivity index (χ1v) is 4.46. The fraction of sp³-hybridized carbons (Fsp3) is 0.600. The lowest BCUT2D eigenvalue weighted by atomic mass is 10.0. The third-order valence-corrected chi connectivity index (χ3v) is 2.50. The number of ether oxygens (including phenoxy) is 1. The van der Waals surface area contributed by atoms with E-state index in [2.05, 4.69) is 18.2 Å². The van der Waals surface area contributed by atoms with Crippen LogP contribution in [0.25, 0.3) is 0 Å². The highest BCUT2D eigenvalue weighted by Crippen LogP contribution is 2.32. The Hall–Kier alpha value is -0.720. The van der Waals surface area contributed by atoms with Gasteiger partial charge in [-0.3, -0.25) is 0 Å². The maximum Gasteiger partial charge on any atom is 0.106 e. The zero-order chi connectivity index (χ0) is 7.52. The van der Waals surface area contributed by atoms with E-state index in [1.807, 2.05) is 0 Å². The minimum absolute atomic E-state index is 0.736. The monoisotopic (exact) mass is 150 g/mol. The maximum atomic E-state index is 5.54. The summed E-state index contributed by atoms with van der Waals surface area (Å²) in [6.45, 7) is 0.780. The van der Waals surface area contributed by atoms with Gasteiger partial charge in [0.1, 0.15) is 6.61 Å². The van der Waals surface area contributed by atoms with Crippen LogP contribution in [0.1, 0.15) is 25.7 Å². The van der Waals surface area contributed by atoms with E-state index >= 15 is 0 Å². The lowest BCUT2D eigenvalue weighted by Gasteiger charge is -2.16. The summed E-state index contributed by atoms with van der Waals surface area (Å²) in [7, 11) is 0. The molecular formula is C10H14O. The van der Waals surface area contributed by atoms with E-state index in [0.29, 0.717) is 0 Å². The molecule has 2 aliphatic rings. The second-order valence-corrected chi connectivity index (χ2v) is 3.29. The Morgan fingerprint density at radius 3 is 2.73 bits per heavy atom. The Bertz CT molecular complexity index is 185. The average molecular weight is 150 g/mol. The lowest BCUT2D eigenvalue weighted by molar-refractivity contribution is 0.203. The van der Waals surface area contributed by atoms with E-state index in [1.54, 1.807) is 0 Å². The van der Waals surface area contributed by atoms with Crippen LogP contribution in [-0.2, 0) is 4.74 Å². The molecule has 11 heavy (non-hydrogen) atoms. The highest BCUT2D eigenvalue weighted by Gasteiger charge is 2.20. The second kappa shape index (κ2) is 3.12. The smallest absolute Gasteiger partial charge is 0.106 e. The first kappa shape index (κ1) is 6.96. The third-order valence-electron chi connectivity index (χ3n) is 2.50. The predicted molar refractivity (Wildman–Crippen MR) is 45.1 cm³/mol. The van der Waals surface area contributed by atoms with Gasteiger partial charge in [-0.15, -0.1) is 0 Å². The third kappa shape index (κ3) is 1.47. The van der Waals surface area contributed by atoms with Gasteiger partial charge in [-0.25, -0.2) is 0 Å². The SMILES string of the molecule is C1=CCOC(C2CCCC2)=C1. The van der Waals surface area contributed by atoms with Crippen molar-refractivity contribution in [1.82, 2.24) is 0 Å². The van der Waals surface area contributed by atoms with Crippen molar-refractivity contribution in [2.24, 2.45) is 5.92 Å². The van der Waals surface area contributed by atoms with Crippen molar-refractivity contribution >= 4 is 0 Å². The van der Waals surface area contributed by atoms with Crippen LogP contribution in [0.5, 0.6) is 0 Å². The van der Waals surface area contributed by atoms with Gasteiger partial charge in [0.15, 0.2) is 0 Å². The van der Waals surface area contributed by atoms with E-state index in [9.17, 15) is 0 Å². The number of hydrogen-bond donors (Lipinski definition) is 0. The molecule has 0 aromatic rings. The van der Waals surface area contributed by atoms with Gasteiger partial charge in [0.25, 0.3) is 0 Å². The van der Waals surface area contributed by atoms with E-state index in [4.69, 9.17) is 4.74 Å². The van der Waals surface area contributed by atoms with E-state index in [0.717, 1.165) is 12.5 Å². The normalized spacial score (nSPS) is 24.9. The fourth-order valence-electron chi connectivity index (χ4n) is 1.88. The van der Waals surface area contributed by atoms with Crippen molar-refractivity contribution in [3.63, 3.8) is 0 Å². The van der Waals surface area contributed by atoms with Crippen LogP contribution >= 0.6 is 0 Å². The van der Waals surface area contributed by atoms with E-state index in [-0.39, 0.29) is 0 Å². The molecule has 0 atom stereocenters. The molecule has 1 saturated carbocycles. The molecule has 2 rings (SSSR count). The van der Waals surface area contributed by atoms with Crippen molar-refractivity contribution < 1.29 is 4.74 Å². The maximum absolute atomic E-state index is 5.54. The molecule has 1 heterocycles. The summed E-state index contributed by atoms with van der Waals surface area (Å²) in [4.78, 5) is 0. The average Bonchev–Trinajstić information content (AvgIpc) is 2.58. The Kier molecular flexibility index (Phi) is 1.97. The number of hydrogen-bond acceptors (Lipinski definition) is 1. The topological polar surface area (TPSA) is 9.23 Å². The molecule has 0 N–H and O–H groups in total. The van der Waals surface area contributed by atoms with Gasteiger partial charge >= 0.3 is 0 Å². The Morgan fingerprint density at radius 2 is 2.09 bits per heavy atom. The summed E-state index contributed by atoms with van der Waals surface area (Å²) in [5.41, 5.74) is 0. The first-order valence-electron chi connectivity index (χ1n) is 4.46. The van der Waals surface area contributed by atoms with Gasteiger partial charge in [0.2, 0.25) is 0 Å². The standard InChI is InChI=1S/C10H14O/c1-2-6-9(5-1)10-7-3-4-8-11-10/h3-4,7,9H,1-2,5-6,8H2. The fourth-order valence-corrected chi connectivity index (χ4v) is 1.88. The van der Waals surface area contributed by atoms with Crippen molar-refractivity contribution in [2.75, 3.05) is 6.61 Å². The molecule has 0 spiro atoms. The molecule has 0 radical (unpaired) electrons. The summed E-state index contributed by atoms with van der Waals surface area (Å²) in [5, 5.41) is 0. The summed E-state index contributed by atoms with van der Waals surface area (Å²) >= 11 is 0. The molecule has 1 heteroatoms. The molecule has 1 nitrogen and oxygen atoms in total. The minimum Gasteiger partial charge on any atom is -0.494 e. The summed E-state index contributed by atoms with van der Waals surface area (Å²) in [6.07, 6.45) is 11.7. The molecule has 60 valence electrons. The van der Waals surface area contributed by atoms with Crippen LogP contribution in [0.15, 0.2) is 24.0 Å². The van der Waals surface area contributed by atoms with Crippen LogP contribution in [0, 0.1) is 5.92 Å². The van der Waals surface area contributed by atoms with Crippen molar-refractivity contribution in [1.29, 1.82) is 0 Å². The quantitative estimate of drug-likeness (QED) is 0.558. The second-order valence-electron chi connectivity index (χ2n) is 3.29. The summed E-state index contributed by atoms with van der Waals surface area (Å²) in [5.74, 6) is 1.96. The molecule has 0 bridgehead atoms. The molecule has 0 amide bonds. The van der Waals surface area contributed by atoms with Gasteiger partial charge in [0, 0.05) is 5.92 Å².